The molecule has 6 heteroatoms. The Kier molecular flexibility index (Phi) is 3.86. The quantitative estimate of drug-likeness (QED) is 0.703. The lowest BCUT2D eigenvalue weighted by atomic mass is 10.1. The monoisotopic (exact) mass is 362 g/mol. The molecule has 0 spiro atoms. The zero-order valence-electron chi connectivity index (χ0n) is 15.4. The first kappa shape index (κ1) is 16.3. The molecule has 1 saturated heterocycles. The Bertz CT molecular complexity index is 995. The summed E-state index contributed by atoms with van der Waals surface area (Å²) >= 11 is 0. The van der Waals surface area contributed by atoms with Gasteiger partial charge in [-0.2, -0.15) is 0 Å². The lowest BCUT2D eigenvalue weighted by molar-refractivity contribution is 0.0751. The van der Waals surface area contributed by atoms with E-state index in [1.807, 2.05) is 42.3 Å². The van der Waals surface area contributed by atoms with Crippen molar-refractivity contribution >= 4 is 22.9 Å². The van der Waals surface area contributed by atoms with Crippen molar-refractivity contribution in [2.45, 2.75) is 13.1 Å². The molecule has 0 aliphatic carbocycles. The molecule has 6 nitrogen and oxygen atoms in total. The van der Waals surface area contributed by atoms with Gasteiger partial charge in [-0.15, -0.1) is 0 Å². The van der Waals surface area contributed by atoms with Crippen molar-refractivity contribution in [2.24, 2.45) is 7.05 Å². The molecule has 138 valence electrons. The SMILES string of the molecule is Cn1c(N2CCOCC2)nc2cc(C(=O)N3Cc4ccccc4C3)ccc21. The van der Waals surface area contributed by atoms with Crippen LogP contribution in [0.3, 0.4) is 0 Å². The summed E-state index contributed by atoms with van der Waals surface area (Å²) in [5.41, 5.74) is 5.07. The van der Waals surface area contributed by atoms with Gasteiger partial charge in [0.25, 0.3) is 5.91 Å². The van der Waals surface area contributed by atoms with E-state index in [9.17, 15) is 4.79 Å². The third kappa shape index (κ3) is 2.77. The number of benzene rings is 2. The van der Waals surface area contributed by atoms with Crippen LogP contribution in [-0.4, -0.2) is 46.7 Å². The highest BCUT2D eigenvalue weighted by Crippen LogP contribution is 2.27. The first-order valence-corrected chi connectivity index (χ1v) is 9.36. The fourth-order valence-electron chi connectivity index (χ4n) is 4.03. The summed E-state index contributed by atoms with van der Waals surface area (Å²) in [5.74, 6) is 0.998. The van der Waals surface area contributed by atoms with E-state index in [0.29, 0.717) is 18.7 Å². The van der Waals surface area contributed by atoms with Crippen LogP contribution in [0.2, 0.25) is 0 Å². The van der Waals surface area contributed by atoms with Gasteiger partial charge in [0, 0.05) is 38.8 Å². The van der Waals surface area contributed by atoms with E-state index in [-0.39, 0.29) is 5.91 Å². The van der Waals surface area contributed by atoms with Gasteiger partial charge in [-0.1, -0.05) is 24.3 Å². The summed E-state index contributed by atoms with van der Waals surface area (Å²) in [7, 11) is 2.03. The number of rotatable bonds is 2. The standard InChI is InChI=1S/C21H22N4O2/c1-23-19-7-6-15(12-18(19)22-21(23)24-8-10-27-11-9-24)20(26)25-13-16-4-2-3-5-17(16)14-25/h2-7,12H,8-11,13-14H2,1H3. The maximum atomic E-state index is 13.0. The van der Waals surface area contributed by atoms with Crippen LogP contribution in [0.5, 0.6) is 0 Å². The predicted molar refractivity (Wildman–Crippen MR) is 104 cm³/mol. The number of hydrogen-bond acceptors (Lipinski definition) is 4. The molecule has 27 heavy (non-hydrogen) atoms. The highest BCUT2D eigenvalue weighted by molar-refractivity contribution is 5.98. The molecule has 3 aromatic rings. The van der Waals surface area contributed by atoms with Crippen LogP contribution in [-0.2, 0) is 24.9 Å². The third-order valence-electron chi connectivity index (χ3n) is 5.53. The first-order chi connectivity index (χ1) is 13.2. The molecule has 1 aromatic heterocycles. The van der Waals surface area contributed by atoms with Crippen molar-refractivity contribution in [3.63, 3.8) is 0 Å². The second-order valence-electron chi connectivity index (χ2n) is 7.20. The van der Waals surface area contributed by atoms with E-state index in [1.54, 1.807) is 0 Å². The molecule has 1 amide bonds. The minimum Gasteiger partial charge on any atom is -0.378 e. The molecule has 2 aliphatic rings. The van der Waals surface area contributed by atoms with Crippen molar-refractivity contribution in [2.75, 3.05) is 31.2 Å². The van der Waals surface area contributed by atoms with Crippen LogP contribution in [0.25, 0.3) is 11.0 Å². The molecule has 5 rings (SSSR count). The molecular formula is C21H22N4O2. The Morgan fingerprint density at radius 2 is 1.74 bits per heavy atom. The van der Waals surface area contributed by atoms with Gasteiger partial charge in [0.1, 0.15) is 0 Å². The average molecular weight is 362 g/mol. The van der Waals surface area contributed by atoms with Gasteiger partial charge >= 0.3 is 0 Å². The Labute approximate surface area is 158 Å². The second kappa shape index (κ2) is 6.39. The molecule has 1 fully saturated rings. The van der Waals surface area contributed by atoms with Crippen molar-refractivity contribution in [3.8, 4) is 0 Å². The third-order valence-corrected chi connectivity index (χ3v) is 5.53. The number of imidazole rings is 1. The number of morpholine rings is 1. The minimum absolute atomic E-state index is 0.0617. The molecule has 2 aromatic carbocycles. The maximum Gasteiger partial charge on any atom is 0.254 e. The van der Waals surface area contributed by atoms with Crippen LogP contribution in [0, 0.1) is 0 Å². The molecule has 3 heterocycles. The second-order valence-corrected chi connectivity index (χ2v) is 7.20. The van der Waals surface area contributed by atoms with Crippen molar-refractivity contribution < 1.29 is 9.53 Å². The molecule has 0 radical (unpaired) electrons. The Hall–Kier alpha value is -2.86. The number of carbonyl (C=O) groups excluding carboxylic acids is 1. The lowest BCUT2D eigenvalue weighted by Gasteiger charge is -2.27. The highest BCUT2D eigenvalue weighted by atomic mass is 16.5. The molecule has 0 saturated carbocycles. The van der Waals surface area contributed by atoms with Crippen LogP contribution in [0.1, 0.15) is 21.5 Å². The smallest absolute Gasteiger partial charge is 0.254 e. The van der Waals surface area contributed by atoms with Crippen LogP contribution in [0.4, 0.5) is 5.95 Å². The fraction of sp³-hybridized carbons (Fsp3) is 0.333. The number of anilines is 1. The highest BCUT2D eigenvalue weighted by Gasteiger charge is 2.25. The Morgan fingerprint density at radius 3 is 2.44 bits per heavy atom. The van der Waals surface area contributed by atoms with Gasteiger partial charge in [0.15, 0.2) is 0 Å². The predicted octanol–water partition coefficient (Wildman–Crippen LogP) is 2.57. The van der Waals surface area contributed by atoms with Crippen molar-refractivity contribution in [3.05, 3.63) is 59.2 Å². The largest absolute Gasteiger partial charge is 0.378 e. The van der Waals surface area contributed by atoms with Gasteiger partial charge in [-0.3, -0.25) is 4.79 Å². The van der Waals surface area contributed by atoms with Crippen molar-refractivity contribution in [1.29, 1.82) is 0 Å². The molecule has 2 aliphatic heterocycles. The molecule has 0 atom stereocenters. The van der Waals surface area contributed by atoms with Crippen LogP contribution in [0.15, 0.2) is 42.5 Å². The van der Waals surface area contributed by atoms with Gasteiger partial charge in [0.2, 0.25) is 5.95 Å². The lowest BCUT2D eigenvalue weighted by Crippen LogP contribution is -2.37. The number of aryl methyl sites for hydroxylation is 1. The molecule has 0 unspecified atom stereocenters. The van der Waals surface area contributed by atoms with Gasteiger partial charge in [0.05, 0.1) is 24.2 Å². The van der Waals surface area contributed by atoms with E-state index in [0.717, 1.165) is 43.3 Å². The summed E-state index contributed by atoms with van der Waals surface area (Å²) in [4.78, 5) is 22.0. The zero-order valence-corrected chi connectivity index (χ0v) is 15.4. The van der Waals surface area contributed by atoms with E-state index in [2.05, 4.69) is 21.6 Å². The zero-order chi connectivity index (χ0) is 18.4. The molecular weight excluding hydrogens is 340 g/mol. The normalized spacial score (nSPS) is 16.8. The fourth-order valence-corrected chi connectivity index (χ4v) is 4.03. The summed E-state index contributed by atoms with van der Waals surface area (Å²) in [6.45, 7) is 4.48. The van der Waals surface area contributed by atoms with E-state index in [1.165, 1.54) is 11.1 Å². The van der Waals surface area contributed by atoms with E-state index < -0.39 is 0 Å². The summed E-state index contributed by atoms with van der Waals surface area (Å²) in [6, 6.07) is 14.1. The molecule has 0 bridgehead atoms. The average Bonchev–Trinajstić information content (AvgIpc) is 3.29. The number of carbonyl (C=O) groups is 1. The number of aromatic nitrogens is 2. The number of nitrogens with zero attached hydrogens (tertiary/aromatic N) is 4. The number of hydrogen-bond donors (Lipinski definition) is 0. The molecule has 0 N–H and O–H groups in total. The summed E-state index contributed by atoms with van der Waals surface area (Å²) in [5, 5.41) is 0. The maximum absolute atomic E-state index is 13.0. The van der Waals surface area contributed by atoms with Gasteiger partial charge < -0.3 is 19.1 Å². The van der Waals surface area contributed by atoms with E-state index >= 15 is 0 Å². The van der Waals surface area contributed by atoms with Crippen molar-refractivity contribution in [1.82, 2.24) is 14.5 Å². The Balaban J connectivity index is 1.44. The topological polar surface area (TPSA) is 50.6 Å². The summed E-state index contributed by atoms with van der Waals surface area (Å²) < 4.78 is 7.54. The minimum atomic E-state index is 0.0617. The number of ether oxygens (including phenoxy) is 1. The van der Waals surface area contributed by atoms with Crippen LogP contribution < -0.4 is 4.90 Å². The first-order valence-electron chi connectivity index (χ1n) is 9.36. The number of amides is 1. The van der Waals surface area contributed by atoms with E-state index in [4.69, 9.17) is 9.72 Å². The Morgan fingerprint density at radius 1 is 1.04 bits per heavy atom. The number of fused-ring (bicyclic) bond motifs is 2. The summed E-state index contributed by atoms with van der Waals surface area (Å²) in [6.07, 6.45) is 0. The van der Waals surface area contributed by atoms with Crippen LogP contribution >= 0.6 is 0 Å². The van der Waals surface area contributed by atoms with Gasteiger partial charge in [-0.05, 0) is 29.3 Å². The van der Waals surface area contributed by atoms with Gasteiger partial charge in [-0.25, -0.2) is 4.98 Å².